The molecule has 0 aliphatic carbocycles. The Morgan fingerprint density at radius 1 is 0.264 bits per heavy atom. The van der Waals surface area contributed by atoms with E-state index in [0.29, 0.717) is 104 Å². The number of halogens is 11. The second-order valence-electron chi connectivity index (χ2n) is 27.5. The van der Waals surface area contributed by atoms with Gasteiger partial charge < -0.3 is 70.2 Å². The van der Waals surface area contributed by atoms with Crippen LogP contribution in [0.4, 0.5) is 142 Å². The minimum Gasteiger partial charge on any atom is -0.497 e. The first kappa shape index (κ1) is 86.4. The molecule has 0 aliphatic rings. The molecule has 125 heavy (non-hydrogen) atoms. The number of anilines is 16. The summed E-state index contributed by atoms with van der Waals surface area (Å²) in [5.74, 6) is -0.908. The molecule has 4 atom stereocenters. The third kappa shape index (κ3) is 23.3. The summed E-state index contributed by atoms with van der Waals surface area (Å²) in [5, 5.41) is 52.2. The van der Waals surface area contributed by atoms with E-state index in [4.69, 9.17) is 27.7 Å². The largest absolute Gasteiger partial charge is 0.497 e. The predicted octanol–water partition coefficient (Wildman–Crippen LogP) is 19.0. The van der Waals surface area contributed by atoms with Gasteiger partial charge >= 0.3 is 0 Å². The Kier molecular flexibility index (Phi) is 27.1. The van der Waals surface area contributed by atoms with Crippen LogP contribution in [-0.2, 0) is 0 Å². The Morgan fingerprint density at radius 2 is 0.552 bits per heavy atom. The Balaban J connectivity index is 0.000000143. The van der Waals surface area contributed by atoms with Crippen LogP contribution in [0.2, 0.25) is 0 Å². The van der Waals surface area contributed by atoms with Crippen molar-refractivity contribution in [3.63, 3.8) is 0 Å². The van der Waals surface area contributed by atoms with Gasteiger partial charge in [0, 0.05) is 106 Å². The number of hydrogen-bond donors (Lipinski definition) is 16. The van der Waals surface area contributed by atoms with Crippen LogP contribution in [-0.4, -0.2) is 87.8 Å². The first-order valence-electron chi connectivity index (χ1n) is 37.7. The van der Waals surface area contributed by atoms with Crippen LogP contribution in [0.5, 0.6) is 5.75 Å². The lowest BCUT2D eigenvalue weighted by molar-refractivity contribution is 0.415. The van der Waals surface area contributed by atoms with E-state index >= 15 is 0 Å². The van der Waals surface area contributed by atoms with Gasteiger partial charge in [-0.15, -0.1) is 0 Å². The van der Waals surface area contributed by atoms with E-state index in [2.05, 4.69) is 123 Å². The number of benzene rings is 8. The molecular weight excluding hydrogens is 1640 g/mol. The number of nitrogens with two attached hydrogens (primary N) is 4. The van der Waals surface area contributed by atoms with Crippen LogP contribution in [0.15, 0.2) is 218 Å². The molecule has 20 N–H and O–H groups in total. The standard InChI is InChI=1S/C22H21F2N7O.3C21H18F3N7/c1-12(16-8-5-14(23)9-17(16)24)26-19-11-20(29-22(25)28-19)27-21-10-18(30-31-21)13-3-6-15(32-2)7-4-13;1-11(15-7-6-14(23)8-16(15)24)26-18-10-19(29-21(25)28-18)27-20-9-17(30-31-20)12-2-4-13(22)5-3-12;1-11(15-6-5-14(23)8-16(15)24)26-18-10-19(29-21(25)28-18)27-20-9-17(30-31-20)12-3-2-4-13(22)7-12;1-11(13-7-6-12(22)8-16(13)24)26-18-10-19(29-21(25)28-18)27-20-9-17(30-31-20)14-4-2-3-5-15(14)23/h3-12H,1-2H3,(H5,25,26,27,28,29,30,31);3*2-11H,1H3,(H5,25,26,27,28,29,30,31). The van der Waals surface area contributed by atoms with Crippen molar-refractivity contribution in [2.75, 3.05) is 72.6 Å². The van der Waals surface area contributed by atoms with Crippen molar-refractivity contribution in [1.82, 2.24) is 80.7 Å². The Bertz CT molecular complexity index is 6420. The fraction of sp³-hybridized carbons (Fsp3) is 0.106. The first-order chi connectivity index (χ1) is 60.0. The van der Waals surface area contributed by atoms with Gasteiger partial charge in [-0.2, -0.15) is 60.3 Å². The molecule has 29 nitrogen and oxygen atoms in total. The molecule has 0 saturated carbocycles. The smallest absolute Gasteiger partial charge is 0.223 e. The molecule has 0 fully saturated rings. The quantitative estimate of drug-likeness (QED) is 0.0236. The zero-order valence-corrected chi connectivity index (χ0v) is 66.3. The lowest BCUT2D eigenvalue weighted by Gasteiger charge is -2.16. The van der Waals surface area contributed by atoms with E-state index in [0.717, 1.165) is 46.8 Å². The summed E-state index contributed by atoms with van der Waals surface area (Å²) in [6, 6.07) is 50.7. The zero-order valence-electron chi connectivity index (χ0n) is 66.3. The Morgan fingerprint density at radius 3 is 0.872 bits per heavy atom. The number of ether oxygens (including phenoxy) is 1. The minimum absolute atomic E-state index is 0.00595. The number of nitrogens with zero attached hydrogens (tertiary/aromatic N) is 12. The highest BCUT2D eigenvalue weighted by Crippen LogP contribution is 2.34. The van der Waals surface area contributed by atoms with Crippen LogP contribution in [0.3, 0.4) is 0 Å². The number of hydrogen-bond acceptors (Lipinski definition) is 25. The SMILES string of the molecule is CC(Nc1cc(Nc2cc(-c3ccc(F)cc3)[nH]n2)nc(N)n1)c1ccc(F)cc1F.CC(Nc1cc(Nc2cc(-c3cccc(F)c3)[nH]n2)nc(N)n1)c1ccc(F)cc1F.CC(Nc1cc(Nc2cc(-c3ccccc3F)[nH]n2)nc(N)n1)c1ccc(F)cc1F.COc1ccc(-c2cc(Nc3cc(NC(C)c4ccc(F)cc4F)nc(N)n3)n[nH]2)cc1. The van der Waals surface area contributed by atoms with E-state index in [1.807, 2.05) is 30.3 Å². The monoisotopic (exact) mass is 1710 g/mol. The summed E-state index contributed by atoms with van der Waals surface area (Å²) in [6.45, 7) is 6.86. The van der Waals surface area contributed by atoms with Crippen LogP contribution in [0.1, 0.15) is 74.1 Å². The summed E-state index contributed by atoms with van der Waals surface area (Å²) in [4.78, 5) is 32.9. The third-order valence-electron chi connectivity index (χ3n) is 18.3. The minimum atomic E-state index is -0.669. The summed E-state index contributed by atoms with van der Waals surface area (Å²) >= 11 is 0. The zero-order chi connectivity index (χ0) is 88.5. The van der Waals surface area contributed by atoms with Gasteiger partial charge in [0.25, 0.3) is 0 Å². The lowest BCUT2D eigenvalue weighted by atomic mass is 10.1. The van der Waals surface area contributed by atoms with Crippen molar-refractivity contribution in [3.8, 4) is 50.8 Å². The van der Waals surface area contributed by atoms with E-state index in [-0.39, 0.29) is 57.9 Å². The average Bonchev–Trinajstić information content (AvgIpc) is 1.81. The van der Waals surface area contributed by atoms with Gasteiger partial charge in [0.15, 0.2) is 23.3 Å². The van der Waals surface area contributed by atoms with Crippen molar-refractivity contribution >= 4 is 93.6 Å². The van der Waals surface area contributed by atoms with Crippen LogP contribution < -0.4 is 70.2 Å². The van der Waals surface area contributed by atoms with Gasteiger partial charge in [-0.05, 0) is 136 Å². The van der Waals surface area contributed by atoms with Crippen molar-refractivity contribution in [1.29, 1.82) is 0 Å². The molecule has 0 radical (unpaired) electrons. The van der Waals surface area contributed by atoms with E-state index in [9.17, 15) is 48.3 Å². The van der Waals surface area contributed by atoms with Gasteiger partial charge in [-0.25, -0.2) is 48.3 Å². The molecule has 40 heteroatoms. The van der Waals surface area contributed by atoms with Gasteiger partial charge in [-0.1, -0.05) is 48.5 Å². The van der Waals surface area contributed by atoms with Crippen LogP contribution in [0, 0.1) is 64.0 Å². The van der Waals surface area contributed by atoms with Gasteiger partial charge in [0.1, 0.15) is 116 Å². The lowest BCUT2D eigenvalue weighted by Crippen LogP contribution is -2.12. The first-order valence-corrected chi connectivity index (χ1v) is 37.7. The third-order valence-corrected chi connectivity index (χ3v) is 18.3. The highest BCUT2D eigenvalue weighted by atomic mass is 19.2. The fourth-order valence-electron chi connectivity index (χ4n) is 12.4. The number of H-pyrrole nitrogens is 4. The van der Waals surface area contributed by atoms with Gasteiger partial charge in [0.2, 0.25) is 23.8 Å². The fourth-order valence-corrected chi connectivity index (χ4v) is 12.4. The van der Waals surface area contributed by atoms with E-state index in [1.54, 1.807) is 120 Å². The van der Waals surface area contributed by atoms with Crippen molar-refractivity contribution in [2.24, 2.45) is 0 Å². The highest BCUT2D eigenvalue weighted by molar-refractivity contribution is 5.71. The number of rotatable bonds is 25. The van der Waals surface area contributed by atoms with E-state index in [1.165, 1.54) is 78.9 Å². The topological polar surface area (TPSA) is 427 Å². The van der Waals surface area contributed by atoms with Crippen LogP contribution >= 0.6 is 0 Å². The maximum atomic E-state index is 14.1. The molecule has 0 spiro atoms. The molecule has 8 aromatic carbocycles. The molecular formula is C85H75F11N28O. The summed E-state index contributed by atoms with van der Waals surface area (Å²) in [6.07, 6.45) is 0. The van der Waals surface area contributed by atoms with Crippen molar-refractivity contribution in [3.05, 3.63) is 305 Å². The summed E-state index contributed by atoms with van der Waals surface area (Å²) in [7, 11) is 1.61. The molecule has 8 heterocycles. The summed E-state index contributed by atoms with van der Waals surface area (Å²) < 4.78 is 154. The molecule has 0 aliphatic heterocycles. The van der Waals surface area contributed by atoms with Gasteiger partial charge in [-0.3, -0.25) is 20.4 Å². The Hall–Kier alpha value is -16.5. The molecule has 0 amide bonds. The normalized spacial score (nSPS) is 11.8. The molecule has 0 saturated heterocycles. The Labute approximate surface area is 704 Å². The highest BCUT2D eigenvalue weighted by Gasteiger charge is 2.21. The molecule has 4 unspecified atom stereocenters. The second-order valence-corrected chi connectivity index (χ2v) is 27.5. The number of nitrogen functional groups attached to an aromatic ring is 4. The van der Waals surface area contributed by atoms with Crippen LogP contribution in [0.25, 0.3) is 45.0 Å². The maximum absolute atomic E-state index is 14.1. The molecule has 16 rings (SSSR count). The van der Waals surface area contributed by atoms with Gasteiger partial charge in [0.05, 0.1) is 54.1 Å². The molecule has 8 aromatic heterocycles. The number of nitrogens with one attached hydrogen (secondary N) is 12. The maximum Gasteiger partial charge on any atom is 0.223 e. The second kappa shape index (κ2) is 39.2. The average molecular weight is 1710 g/mol. The number of methoxy groups -OCH3 is 1. The number of aromatic amines is 4. The predicted molar refractivity (Wildman–Crippen MR) is 455 cm³/mol. The number of aromatic nitrogens is 16. The summed E-state index contributed by atoms with van der Waals surface area (Å²) in [5.41, 5.74) is 29.7. The van der Waals surface area contributed by atoms with E-state index < -0.39 is 70.7 Å². The molecule has 16 aromatic rings. The van der Waals surface area contributed by atoms with Crippen molar-refractivity contribution in [2.45, 2.75) is 51.9 Å². The molecule has 0 bridgehead atoms. The van der Waals surface area contributed by atoms with Crippen molar-refractivity contribution < 1.29 is 53.0 Å². The molecule has 638 valence electrons.